The van der Waals surface area contributed by atoms with E-state index in [4.69, 9.17) is 11.6 Å². The van der Waals surface area contributed by atoms with Crippen LogP contribution in [0.1, 0.15) is 17.8 Å². The number of nitrogens with one attached hydrogen (secondary N) is 1. The predicted octanol–water partition coefficient (Wildman–Crippen LogP) is 4.84. The molecule has 2 aromatic heterocycles. The van der Waals surface area contributed by atoms with Crippen molar-refractivity contribution in [3.05, 3.63) is 77.3 Å². The first-order valence-electron chi connectivity index (χ1n) is 9.73. The van der Waals surface area contributed by atoms with E-state index in [-0.39, 0.29) is 5.91 Å². The molecule has 2 aromatic carbocycles. The third-order valence-electron chi connectivity index (χ3n) is 4.72. The lowest BCUT2D eigenvalue weighted by Crippen LogP contribution is -2.13. The number of aromatic nitrogens is 5. The van der Waals surface area contributed by atoms with Crippen molar-refractivity contribution < 1.29 is 4.79 Å². The molecule has 0 saturated heterocycles. The topological polar surface area (TPSA) is 77.6 Å². The molecule has 0 atom stereocenters. The van der Waals surface area contributed by atoms with E-state index in [0.29, 0.717) is 22.4 Å². The Labute approximate surface area is 189 Å². The lowest BCUT2D eigenvalue weighted by atomic mass is 10.3. The maximum atomic E-state index is 12.6. The summed E-state index contributed by atoms with van der Waals surface area (Å²) in [5.41, 5.74) is 4.26. The van der Waals surface area contributed by atoms with Gasteiger partial charge in [-0.2, -0.15) is 5.10 Å². The van der Waals surface area contributed by atoms with Crippen molar-refractivity contribution in [1.29, 1.82) is 0 Å². The maximum absolute atomic E-state index is 12.6. The number of rotatable bonds is 7. The van der Waals surface area contributed by atoms with Crippen LogP contribution in [0.4, 0.5) is 5.69 Å². The summed E-state index contributed by atoms with van der Waals surface area (Å²) in [7, 11) is 0. The zero-order valence-corrected chi connectivity index (χ0v) is 18.7. The molecule has 0 unspecified atom stereocenters. The molecule has 0 aliphatic rings. The average Bonchev–Trinajstić information content (AvgIpc) is 3.34. The first-order valence-corrected chi connectivity index (χ1v) is 11.1. The van der Waals surface area contributed by atoms with Crippen LogP contribution in [0, 0.1) is 13.8 Å². The van der Waals surface area contributed by atoms with Gasteiger partial charge in [0.2, 0.25) is 5.91 Å². The van der Waals surface area contributed by atoms with E-state index >= 15 is 0 Å². The van der Waals surface area contributed by atoms with Gasteiger partial charge >= 0.3 is 0 Å². The van der Waals surface area contributed by atoms with E-state index in [1.807, 2.05) is 77.7 Å². The molecule has 2 heterocycles. The van der Waals surface area contributed by atoms with Crippen LogP contribution in [0.25, 0.3) is 11.4 Å². The standard InChI is InChI=1S/C22H21ClN6OS/c1-15-21(16(2)29(27-15)18-8-4-3-5-9-18)25-20(30)11-12-31-22-26-24-14-28(22)19-10-6-7-17(23)13-19/h3-10,13-14H,11-12H2,1-2H3,(H,25,30). The molecule has 0 fully saturated rings. The fourth-order valence-corrected chi connectivity index (χ4v) is 4.26. The van der Waals surface area contributed by atoms with E-state index in [1.54, 1.807) is 6.33 Å². The van der Waals surface area contributed by atoms with Gasteiger partial charge in [0.05, 0.1) is 28.5 Å². The average molecular weight is 453 g/mol. The van der Waals surface area contributed by atoms with Crippen LogP contribution in [0.5, 0.6) is 0 Å². The van der Waals surface area contributed by atoms with E-state index in [9.17, 15) is 4.79 Å². The Morgan fingerprint density at radius 2 is 1.87 bits per heavy atom. The zero-order valence-electron chi connectivity index (χ0n) is 17.1. The quantitative estimate of drug-likeness (QED) is 0.406. The highest BCUT2D eigenvalue weighted by Gasteiger charge is 2.16. The number of aryl methyl sites for hydroxylation is 1. The number of hydrogen-bond donors (Lipinski definition) is 1. The van der Waals surface area contributed by atoms with E-state index < -0.39 is 0 Å². The normalized spacial score (nSPS) is 10.9. The number of thioether (sulfide) groups is 1. The van der Waals surface area contributed by atoms with Gasteiger partial charge in [-0.05, 0) is 44.2 Å². The minimum absolute atomic E-state index is 0.0693. The molecule has 0 aliphatic heterocycles. The molecule has 0 aliphatic carbocycles. The van der Waals surface area contributed by atoms with Crippen molar-refractivity contribution in [3.8, 4) is 11.4 Å². The van der Waals surface area contributed by atoms with Crippen molar-refractivity contribution >= 4 is 35.0 Å². The molecule has 0 radical (unpaired) electrons. The zero-order chi connectivity index (χ0) is 21.8. The van der Waals surface area contributed by atoms with Gasteiger partial charge in [0.25, 0.3) is 0 Å². The van der Waals surface area contributed by atoms with Crippen molar-refractivity contribution in [2.45, 2.75) is 25.4 Å². The van der Waals surface area contributed by atoms with Crippen molar-refractivity contribution in [3.63, 3.8) is 0 Å². The minimum atomic E-state index is -0.0693. The van der Waals surface area contributed by atoms with Crippen LogP contribution in [0.3, 0.4) is 0 Å². The summed E-state index contributed by atoms with van der Waals surface area (Å²) >= 11 is 7.55. The molecule has 1 amide bonds. The second-order valence-corrected chi connectivity index (χ2v) is 8.40. The van der Waals surface area contributed by atoms with Crippen LogP contribution in [-0.4, -0.2) is 36.2 Å². The van der Waals surface area contributed by atoms with Crippen LogP contribution in [-0.2, 0) is 4.79 Å². The summed E-state index contributed by atoms with van der Waals surface area (Å²) in [6.07, 6.45) is 1.97. The number of carbonyl (C=O) groups is 1. The second kappa shape index (κ2) is 9.36. The summed E-state index contributed by atoms with van der Waals surface area (Å²) in [6.45, 7) is 3.84. The number of anilines is 1. The number of para-hydroxylation sites is 1. The molecule has 4 aromatic rings. The smallest absolute Gasteiger partial charge is 0.225 e. The number of benzene rings is 2. The number of nitrogens with zero attached hydrogens (tertiary/aromatic N) is 5. The van der Waals surface area contributed by atoms with Crippen LogP contribution in [0.15, 0.2) is 66.1 Å². The van der Waals surface area contributed by atoms with E-state index in [2.05, 4.69) is 20.6 Å². The third-order valence-corrected chi connectivity index (χ3v) is 5.90. The molecule has 0 spiro atoms. The van der Waals surface area contributed by atoms with E-state index in [0.717, 1.165) is 28.5 Å². The first kappa shape index (κ1) is 21.1. The summed E-state index contributed by atoms with van der Waals surface area (Å²) in [4.78, 5) is 12.6. The van der Waals surface area contributed by atoms with Gasteiger partial charge in [0.1, 0.15) is 6.33 Å². The molecule has 1 N–H and O–H groups in total. The Balaban J connectivity index is 1.38. The summed E-state index contributed by atoms with van der Waals surface area (Å²) < 4.78 is 3.69. The minimum Gasteiger partial charge on any atom is -0.323 e. The fourth-order valence-electron chi connectivity index (χ4n) is 3.21. The third kappa shape index (κ3) is 4.81. The molecule has 4 rings (SSSR count). The molecule has 9 heteroatoms. The highest BCUT2D eigenvalue weighted by molar-refractivity contribution is 7.99. The maximum Gasteiger partial charge on any atom is 0.225 e. The second-order valence-electron chi connectivity index (χ2n) is 6.90. The Hall–Kier alpha value is -3.10. The molecule has 0 bridgehead atoms. The molecule has 0 saturated carbocycles. The number of hydrogen-bond acceptors (Lipinski definition) is 5. The van der Waals surface area contributed by atoms with Crippen molar-refractivity contribution in [1.82, 2.24) is 24.5 Å². The fraction of sp³-hybridized carbons (Fsp3) is 0.182. The van der Waals surface area contributed by atoms with Gasteiger partial charge in [-0.1, -0.05) is 47.6 Å². The van der Waals surface area contributed by atoms with Gasteiger partial charge in [-0.25, -0.2) is 4.68 Å². The highest BCUT2D eigenvalue weighted by atomic mass is 35.5. The summed E-state index contributed by atoms with van der Waals surface area (Å²) in [5, 5.41) is 17.1. The van der Waals surface area contributed by atoms with Gasteiger partial charge in [-0.15, -0.1) is 10.2 Å². The predicted molar refractivity (Wildman–Crippen MR) is 123 cm³/mol. The van der Waals surface area contributed by atoms with E-state index in [1.165, 1.54) is 11.8 Å². The molecule has 7 nitrogen and oxygen atoms in total. The van der Waals surface area contributed by atoms with Crippen molar-refractivity contribution in [2.75, 3.05) is 11.1 Å². The highest BCUT2D eigenvalue weighted by Crippen LogP contribution is 2.24. The summed E-state index contributed by atoms with van der Waals surface area (Å²) in [5.74, 6) is 0.496. The molecule has 158 valence electrons. The molecular weight excluding hydrogens is 432 g/mol. The lowest BCUT2D eigenvalue weighted by Gasteiger charge is -2.08. The van der Waals surface area contributed by atoms with Gasteiger partial charge in [0, 0.05) is 17.2 Å². The lowest BCUT2D eigenvalue weighted by molar-refractivity contribution is -0.115. The SMILES string of the molecule is Cc1nn(-c2ccccc2)c(C)c1NC(=O)CCSc1nncn1-c1cccc(Cl)c1. The Morgan fingerprint density at radius 1 is 1.10 bits per heavy atom. The first-order chi connectivity index (χ1) is 15.0. The Morgan fingerprint density at radius 3 is 2.65 bits per heavy atom. The Kier molecular flexibility index (Phi) is 6.39. The van der Waals surface area contributed by atoms with Gasteiger partial charge in [-0.3, -0.25) is 9.36 Å². The van der Waals surface area contributed by atoms with Gasteiger partial charge < -0.3 is 5.32 Å². The Bertz CT molecular complexity index is 1200. The van der Waals surface area contributed by atoms with Crippen molar-refractivity contribution in [2.24, 2.45) is 0 Å². The number of halogens is 1. The number of carbonyl (C=O) groups excluding carboxylic acids is 1. The van der Waals surface area contributed by atoms with Gasteiger partial charge in [0.15, 0.2) is 5.16 Å². The number of amides is 1. The van der Waals surface area contributed by atoms with Crippen LogP contribution in [0.2, 0.25) is 5.02 Å². The molecular formula is C22H21ClN6OS. The largest absolute Gasteiger partial charge is 0.323 e. The summed E-state index contributed by atoms with van der Waals surface area (Å²) in [6, 6.07) is 17.3. The molecule has 31 heavy (non-hydrogen) atoms. The monoisotopic (exact) mass is 452 g/mol. The van der Waals surface area contributed by atoms with Crippen LogP contribution >= 0.6 is 23.4 Å². The van der Waals surface area contributed by atoms with Crippen LogP contribution < -0.4 is 5.32 Å².